The van der Waals surface area contributed by atoms with Crippen LogP contribution in [0.1, 0.15) is 165 Å². The van der Waals surface area contributed by atoms with Crippen molar-refractivity contribution in [2.75, 3.05) is 42.6 Å². The number of carbonyl (C=O) groups excluding carboxylic acids is 9. The van der Waals surface area contributed by atoms with Crippen molar-refractivity contribution in [1.29, 1.82) is 0 Å². The summed E-state index contributed by atoms with van der Waals surface area (Å²) in [5.74, 6) is -8.31. The van der Waals surface area contributed by atoms with Gasteiger partial charge in [-0.15, -0.1) is 0 Å². The number of H-pyrrole nitrogens is 3. The Balaban J connectivity index is 0.000000234. The number of Topliss-reactive ketones (excluding diaryl/α,β-unsaturated/α-hetero) is 2. The zero-order chi connectivity index (χ0) is 72.3. The lowest BCUT2D eigenvalue weighted by molar-refractivity contribution is -0.123. The number of aliphatic hydroxyl groups is 5. The summed E-state index contributed by atoms with van der Waals surface area (Å²) in [5, 5.41) is 67.4. The minimum absolute atomic E-state index is 0. The van der Waals surface area contributed by atoms with Crippen LogP contribution < -0.4 is 37.2 Å². The molecule has 5 atom stereocenters. The predicted octanol–water partition coefficient (Wildman–Crippen LogP) is 7.35. The molecule has 3 aromatic heterocycles. The number of nitrogens with one attached hydrogen (secondary N) is 10. The summed E-state index contributed by atoms with van der Waals surface area (Å²) in [6.45, 7) is 13.0. The fourth-order valence-electron chi connectivity index (χ4n) is 11.5. The molecule has 6 aromatic rings. The van der Waals surface area contributed by atoms with Crippen molar-refractivity contribution in [3.05, 3.63) is 156 Å². The number of carbonyl (C=O) groups is 9. The molecule has 5 unspecified atom stereocenters. The largest absolute Gasteiger partial charge is 0.393 e. The molecule has 6 heterocycles. The number of ketones is 2. The van der Waals surface area contributed by atoms with Gasteiger partial charge in [-0.05, 0) is 158 Å². The molecule has 0 bridgehead atoms. The van der Waals surface area contributed by atoms with Crippen LogP contribution in [-0.2, 0) is 28.8 Å². The van der Waals surface area contributed by atoms with Crippen molar-refractivity contribution >= 4 is 105 Å². The van der Waals surface area contributed by atoms with Crippen molar-refractivity contribution in [2.45, 2.75) is 138 Å². The van der Waals surface area contributed by atoms with E-state index in [-0.39, 0.29) is 129 Å². The third kappa shape index (κ3) is 19.1. The van der Waals surface area contributed by atoms with E-state index in [0.29, 0.717) is 84.4 Å². The standard InChI is InChI=1S/C24H28F2N4O5.C24H27F2N3O5.C21H22FN3O4.CH4/c1-11-18(10-15-21-17(30-23(15)34)5-4-16(25)22(21)26)29-12(2)20(11)24(35)28-7-6-13(31)8-14(32)9-19(33)27-3;1-11(30)8-15(32)9-14(31)6-7-27-24(34)20-12(2)19(28-13(20)3)10-16-21-18(29-23(16)33)5-4-17(25)22(21)26;1-10(26)6-14(27)9-23-21(29)19-11(2)18(24-12(19)3)8-16-15-7-13(22)4-5-17(15)25-20(16)28;/h4-5,10,13-14,29,31-32H,6-9H2,1-3H3,(H,27,33)(H,28,35)(H,30,34);4-5,10,14-15,28,31-32H,6-9H2,1-3H3,(H,27,34)(H,29,33);4-5,7-8,14,24,27H,6,9H2,1-3H3,(H,23,29)(H,25,28);1H4/b15-10-;16-10-;16-8-;. The van der Waals surface area contributed by atoms with Gasteiger partial charge in [0.15, 0.2) is 23.3 Å². The molecular weight excluding hydrogens is 1300 g/mol. The van der Waals surface area contributed by atoms with Gasteiger partial charge in [0.2, 0.25) is 5.91 Å². The van der Waals surface area contributed by atoms with Crippen LogP contribution in [0, 0.1) is 70.6 Å². The first-order chi connectivity index (χ1) is 46.2. The molecule has 3 aliphatic rings. The molecule has 24 nitrogen and oxygen atoms in total. The minimum atomic E-state index is -1.13. The van der Waals surface area contributed by atoms with E-state index in [1.54, 1.807) is 47.6 Å². The van der Waals surface area contributed by atoms with Crippen LogP contribution in [0.5, 0.6) is 0 Å². The average molecular weight is 1380 g/mol. The number of amides is 7. The number of anilines is 3. The van der Waals surface area contributed by atoms with Gasteiger partial charge in [0, 0.05) is 96.1 Å². The summed E-state index contributed by atoms with van der Waals surface area (Å²) in [6, 6.07) is 8.49. The number of aliphatic hydroxyl groups excluding tert-OH is 5. The third-order valence-corrected chi connectivity index (χ3v) is 16.3. The molecule has 0 aliphatic carbocycles. The number of aryl methyl sites for hydroxylation is 3. The van der Waals surface area contributed by atoms with E-state index >= 15 is 0 Å². The lowest BCUT2D eigenvalue weighted by Gasteiger charge is -2.15. The highest BCUT2D eigenvalue weighted by molar-refractivity contribution is 6.36. The third-order valence-electron chi connectivity index (χ3n) is 16.3. The summed E-state index contributed by atoms with van der Waals surface area (Å²) < 4.78 is 69.8. The van der Waals surface area contributed by atoms with E-state index in [9.17, 15) is 90.6 Å². The van der Waals surface area contributed by atoms with Crippen molar-refractivity contribution in [3.8, 4) is 0 Å². The van der Waals surface area contributed by atoms with Crippen molar-refractivity contribution in [2.24, 2.45) is 0 Å². The number of fused-ring (bicyclic) bond motifs is 3. The number of aromatic nitrogens is 3. The Morgan fingerprint density at radius 2 is 0.848 bits per heavy atom. The van der Waals surface area contributed by atoms with E-state index < -0.39 is 89.1 Å². The number of rotatable bonds is 24. The first kappa shape index (κ1) is 77.8. The number of hydrogen-bond donors (Lipinski definition) is 15. The van der Waals surface area contributed by atoms with Crippen LogP contribution in [0.4, 0.5) is 39.0 Å². The van der Waals surface area contributed by atoms with Crippen LogP contribution in [-0.4, -0.2) is 151 Å². The van der Waals surface area contributed by atoms with Crippen LogP contribution >= 0.6 is 0 Å². The lowest BCUT2D eigenvalue weighted by atomic mass is 10.0. The van der Waals surface area contributed by atoms with E-state index in [4.69, 9.17) is 0 Å². The second-order valence-electron chi connectivity index (χ2n) is 24.0. The average Bonchev–Trinajstić information content (AvgIpc) is 1.64. The summed E-state index contributed by atoms with van der Waals surface area (Å²) in [5.41, 5.74) is 6.80. The normalized spacial score (nSPS) is 15.3. The van der Waals surface area contributed by atoms with E-state index in [0.717, 1.165) is 12.1 Å². The second kappa shape index (κ2) is 33.8. The van der Waals surface area contributed by atoms with Gasteiger partial charge >= 0.3 is 0 Å². The SMILES string of the molecule is C.CC(=O)CC(O)CC(O)CCNC(=O)c1c(C)[nH]c(/C=C2\C(=O)Nc3ccc(F)c(F)c32)c1C.CC(=O)CC(O)CNC(=O)c1c(C)[nH]c(/C=C2\C(=O)Nc3ccc(F)cc32)c1C.CNC(=O)CC(O)CC(O)CCNC(=O)c1c(C)[nH]c(/C=C2\C(=O)Nc3ccc(F)c(F)c32)c1C. The Hall–Kier alpha value is -10.2. The summed E-state index contributed by atoms with van der Waals surface area (Å²) >= 11 is 0. The molecule has 99 heavy (non-hydrogen) atoms. The summed E-state index contributed by atoms with van der Waals surface area (Å²) in [4.78, 5) is 117. The molecule has 3 aromatic carbocycles. The Morgan fingerprint density at radius 1 is 0.485 bits per heavy atom. The van der Waals surface area contributed by atoms with Gasteiger partial charge in [0.25, 0.3) is 35.4 Å². The molecule has 3 aliphatic heterocycles. The molecule has 0 fully saturated rings. The number of hydrogen-bond acceptors (Lipinski definition) is 14. The highest BCUT2D eigenvalue weighted by Gasteiger charge is 2.33. The Kier molecular flexibility index (Phi) is 26.6. The molecular formula is C70H81F5N10O14. The van der Waals surface area contributed by atoms with Gasteiger partial charge in [-0.3, -0.25) is 43.2 Å². The topological polar surface area (TPSA) is 386 Å². The number of aromatic amines is 3. The minimum Gasteiger partial charge on any atom is -0.393 e. The van der Waals surface area contributed by atoms with Gasteiger partial charge in [-0.25, -0.2) is 22.0 Å². The Bertz CT molecular complexity index is 4240. The van der Waals surface area contributed by atoms with Gasteiger partial charge in [-0.1, -0.05) is 7.43 Å². The quantitative estimate of drug-likeness (QED) is 0.0208. The zero-order valence-electron chi connectivity index (χ0n) is 55.0. The predicted molar refractivity (Wildman–Crippen MR) is 361 cm³/mol. The number of benzene rings is 3. The van der Waals surface area contributed by atoms with Crippen LogP contribution in [0.3, 0.4) is 0 Å². The molecule has 0 radical (unpaired) electrons. The molecule has 530 valence electrons. The molecule has 9 rings (SSSR count). The van der Waals surface area contributed by atoms with Gasteiger partial charge < -0.3 is 77.7 Å². The van der Waals surface area contributed by atoms with Crippen molar-refractivity contribution in [1.82, 2.24) is 36.2 Å². The van der Waals surface area contributed by atoms with E-state index in [1.807, 2.05) is 0 Å². The smallest absolute Gasteiger partial charge is 0.256 e. The molecule has 15 N–H and O–H groups in total. The zero-order valence-corrected chi connectivity index (χ0v) is 55.0. The lowest BCUT2D eigenvalue weighted by Crippen LogP contribution is -2.33. The fourth-order valence-corrected chi connectivity index (χ4v) is 11.5. The molecule has 0 saturated heterocycles. The van der Waals surface area contributed by atoms with E-state index in [2.05, 4.69) is 52.2 Å². The summed E-state index contributed by atoms with van der Waals surface area (Å²) in [6.07, 6.45) is -0.195. The maximum atomic E-state index is 14.4. The number of halogens is 5. The molecule has 0 saturated carbocycles. The van der Waals surface area contributed by atoms with Crippen LogP contribution in [0.25, 0.3) is 34.9 Å². The highest BCUT2D eigenvalue weighted by Crippen LogP contribution is 2.39. The maximum absolute atomic E-state index is 14.4. The first-order valence-corrected chi connectivity index (χ1v) is 31.1. The monoisotopic (exact) mass is 1380 g/mol. The van der Waals surface area contributed by atoms with Gasteiger partial charge in [-0.2, -0.15) is 0 Å². The second-order valence-corrected chi connectivity index (χ2v) is 24.0. The fraction of sp³-hybridized carbons (Fsp3) is 0.357. The van der Waals surface area contributed by atoms with Crippen molar-refractivity contribution < 1.29 is 90.6 Å². The Morgan fingerprint density at radius 3 is 1.26 bits per heavy atom. The molecule has 7 amide bonds. The Labute approximate surface area is 566 Å². The van der Waals surface area contributed by atoms with E-state index in [1.165, 1.54) is 63.4 Å². The maximum Gasteiger partial charge on any atom is 0.256 e. The van der Waals surface area contributed by atoms with Crippen LogP contribution in [0.2, 0.25) is 0 Å². The first-order valence-electron chi connectivity index (χ1n) is 31.1. The molecule has 0 spiro atoms. The summed E-state index contributed by atoms with van der Waals surface area (Å²) in [7, 11) is 1.45. The van der Waals surface area contributed by atoms with Crippen molar-refractivity contribution in [3.63, 3.8) is 0 Å². The van der Waals surface area contributed by atoms with Crippen LogP contribution in [0.15, 0.2) is 42.5 Å². The van der Waals surface area contributed by atoms with Gasteiger partial charge in [0.05, 0.1) is 81.7 Å². The molecule has 29 heteroatoms. The highest BCUT2D eigenvalue weighted by atomic mass is 19.2. The van der Waals surface area contributed by atoms with Gasteiger partial charge in [0.1, 0.15) is 17.4 Å².